The van der Waals surface area contributed by atoms with Crippen LogP contribution in [0.1, 0.15) is 11.3 Å². The zero-order valence-corrected chi connectivity index (χ0v) is 17.7. The number of amides is 1. The van der Waals surface area contributed by atoms with Crippen molar-refractivity contribution in [1.29, 1.82) is 0 Å². The van der Waals surface area contributed by atoms with Gasteiger partial charge in [-0.2, -0.15) is 0 Å². The largest absolute Gasteiger partial charge is 0.465 e. The summed E-state index contributed by atoms with van der Waals surface area (Å²) >= 11 is 0. The van der Waals surface area contributed by atoms with Crippen molar-refractivity contribution in [3.63, 3.8) is 0 Å². The van der Waals surface area contributed by atoms with E-state index in [-0.39, 0.29) is 43.1 Å². The number of benzene rings is 1. The highest BCUT2D eigenvalue weighted by Crippen LogP contribution is 2.32. The van der Waals surface area contributed by atoms with E-state index in [0.717, 1.165) is 5.56 Å². The second-order valence-corrected chi connectivity index (χ2v) is 7.90. The van der Waals surface area contributed by atoms with Crippen LogP contribution in [0.15, 0.2) is 42.9 Å². The summed E-state index contributed by atoms with van der Waals surface area (Å²) in [7, 11) is 0. The highest BCUT2D eigenvalue weighted by molar-refractivity contribution is 5.69. The van der Waals surface area contributed by atoms with E-state index >= 15 is 8.78 Å². The Morgan fingerprint density at radius 3 is 2.73 bits per heavy atom. The molecule has 0 unspecified atom stereocenters. The first kappa shape index (κ1) is 21.0. The Balaban J connectivity index is 1.61. The van der Waals surface area contributed by atoms with Crippen molar-refractivity contribution in [2.24, 2.45) is 0 Å². The summed E-state index contributed by atoms with van der Waals surface area (Å²) in [4.78, 5) is 17.2. The number of carboxylic acid groups (broad SMARTS) is 1. The van der Waals surface area contributed by atoms with Crippen molar-refractivity contribution in [1.82, 2.24) is 29.3 Å². The maximum Gasteiger partial charge on any atom is 0.407 e. The van der Waals surface area contributed by atoms with Gasteiger partial charge in [-0.25, -0.2) is 23.2 Å². The molecule has 5 rings (SSSR count). The van der Waals surface area contributed by atoms with Crippen molar-refractivity contribution in [2.45, 2.75) is 19.4 Å². The fraction of sp³-hybridized carbons (Fsp3) is 0.273. The van der Waals surface area contributed by atoms with Crippen LogP contribution in [0.5, 0.6) is 0 Å². The van der Waals surface area contributed by atoms with Crippen molar-refractivity contribution in [3.05, 3.63) is 65.7 Å². The van der Waals surface area contributed by atoms with Crippen molar-refractivity contribution >= 4 is 11.7 Å². The number of imidazole rings is 1. The Morgan fingerprint density at radius 2 is 2.03 bits per heavy atom. The quantitative estimate of drug-likeness (QED) is 0.509. The van der Waals surface area contributed by atoms with Gasteiger partial charge in [0.1, 0.15) is 17.3 Å². The molecule has 11 heteroatoms. The zero-order chi connectivity index (χ0) is 23.1. The second-order valence-electron chi connectivity index (χ2n) is 7.90. The summed E-state index contributed by atoms with van der Waals surface area (Å²) in [5, 5.41) is 16.8. The summed E-state index contributed by atoms with van der Waals surface area (Å²) in [5.74, 6) is -1.59. The SMILES string of the molecule is Cc1ccn2c(C[C@H]3CN(C(=O)O)CCO3)c(-c3c(F)cc(-n4ccnn4)cc3F)nc2c1. The summed E-state index contributed by atoms with van der Waals surface area (Å²) in [6.07, 6.45) is 3.41. The molecule has 0 aliphatic carbocycles. The molecule has 0 saturated carbocycles. The topological polar surface area (TPSA) is 97.8 Å². The standard InChI is InChI=1S/C22H20F2N6O3/c1-13-2-4-29-18(11-15-12-28(22(31)32)6-7-33-15)21(26-19(29)8-13)20-16(23)9-14(10-17(20)24)30-5-3-25-27-30/h2-5,8-10,15H,6-7,11-12H2,1H3,(H,31,32)/t15-/m0/s1. The number of morpholine rings is 1. The fourth-order valence-corrected chi connectivity index (χ4v) is 4.09. The molecule has 9 nitrogen and oxygen atoms in total. The van der Waals surface area contributed by atoms with E-state index in [4.69, 9.17) is 4.74 Å². The lowest BCUT2D eigenvalue weighted by Crippen LogP contribution is -2.45. The predicted molar refractivity (Wildman–Crippen MR) is 113 cm³/mol. The van der Waals surface area contributed by atoms with Gasteiger partial charge in [0.25, 0.3) is 0 Å². The minimum atomic E-state index is -1.03. The normalized spacial score (nSPS) is 16.5. The lowest BCUT2D eigenvalue weighted by atomic mass is 10.0. The molecule has 4 aromatic rings. The van der Waals surface area contributed by atoms with E-state index in [1.807, 2.05) is 19.1 Å². The van der Waals surface area contributed by atoms with Gasteiger partial charge in [-0.15, -0.1) is 5.10 Å². The third-order valence-electron chi connectivity index (χ3n) is 5.66. The van der Waals surface area contributed by atoms with Crippen LogP contribution in [-0.4, -0.2) is 66.3 Å². The Bertz CT molecular complexity index is 1310. The van der Waals surface area contributed by atoms with Crippen LogP contribution in [0, 0.1) is 18.6 Å². The Labute approximate surface area is 186 Å². The van der Waals surface area contributed by atoms with Gasteiger partial charge in [-0.05, 0) is 24.6 Å². The predicted octanol–water partition coefficient (Wildman–Crippen LogP) is 3.09. The molecule has 33 heavy (non-hydrogen) atoms. The fourth-order valence-electron chi connectivity index (χ4n) is 4.09. The molecular weight excluding hydrogens is 434 g/mol. The Morgan fingerprint density at radius 1 is 1.24 bits per heavy atom. The van der Waals surface area contributed by atoms with Gasteiger partial charge in [0.2, 0.25) is 0 Å². The maximum atomic E-state index is 15.3. The monoisotopic (exact) mass is 454 g/mol. The number of fused-ring (bicyclic) bond motifs is 1. The highest BCUT2D eigenvalue weighted by Gasteiger charge is 2.28. The van der Waals surface area contributed by atoms with Crippen molar-refractivity contribution in [2.75, 3.05) is 19.7 Å². The Hall–Kier alpha value is -3.86. The molecule has 1 fully saturated rings. The summed E-state index contributed by atoms with van der Waals surface area (Å²) < 4.78 is 39.3. The Kier molecular flexibility index (Phi) is 5.25. The molecule has 1 aliphatic rings. The minimum Gasteiger partial charge on any atom is -0.465 e. The molecule has 1 atom stereocenters. The van der Waals surface area contributed by atoms with Gasteiger partial charge in [0.05, 0.1) is 54.3 Å². The van der Waals surface area contributed by atoms with Crippen LogP contribution in [0.4, 0.5) is 13.6 Å². The summed E-state index contributed by atoms with van der Waals surface area (Å²) in [6, 6.07) is 6.04. The number of hydrogen-bond donors (Lipinski definition) is 1. The number of pyridine rings is 1. The third-order valence-corrected chi connectivity index (χ3v) is 5.66. The molecule has 1 amide bonds. The smallest absolute Gasteiger partial charge is 0.407 e. The zero-order valence-electron chi connectivity index (χ0n) is 17.7. The van der Waals surface area contributed by atoms with Crippen molar-refractivity contribution in [3.8, 4) is 16.9 Å². The van der Waals surface area contributed by atoms with Crippen LogP contribution in [0.2, 0.25) is 0 Å². The van der Waals surface area contributed by atoms with Gasteiger partial charge >= 0.3 is 6.09 Å². The number of aromatic nitrogens is 5. The van der Waals surface area contributed by atoms with Gasteiger partial charge in [-0.1, -0.05) is 5.21 Å². The highest BCUT2D eigenvalue weighted by atomic mass is 19.1. The lowest BCUT2D eigenvalue weighted by molar-refractivity contribution is -0.0214. The molecule has 0 radical (unpaired) electrons. The number of halogens is 2. The number of nitrogens with zero attached hydrogens (tertiary/aromatic N) is 6. The molecule has 1 N–H and O–H groups in total. The molecule has 4 heterocycles. The van der Waals surface area contributed by atoms with Crippen molar-refractivity contribution < 1.29 is 23.4 Å². The van der Waals surface area contributed by atoms with E-state index in [1.165, 1.54) is 34.1 Å². The summed E-state index contributed by atoms with van der Waals surface area (Å²) in [5.41, 5.74) is 2.09. The van der Waals surface area contributed by atoms with Gasteiger partial charge in [0, 0.05) is 31.3 Å². The number of carbonyl (C=O) groups is 1. The van der Waals surface area contributed by atoms with E-state index in [0.29, 0.717) is 11.3 Å². The van der Waals surface area contributed by atoms with E-state index in [9.17, 15) is 9.90 Å². The lowest BCUT2D eigenvalue weighted by Gasteiger charge is -2.31. The van der Waals surface area contributed by atoms with E-state index in [2.05, 4.69) is 15.3 Å². The molecule has 0 spiro atoms. The molecule has 0 bridgehead atoms. The van der Waals surface area contributed by atoms with E-state index < -0.39 is 23.8 Å². The van der Waals surface area contributed by atoms with Gasteiger partial charge in [-0.3, -0.25) is 0 Å². The molecule has 3 aromatic heterocycles. The minimum absolute atomic E-state index is 0.150. The third kappa shape index (κ3) is 3.91. The number of hydrogen-bond acceptors (Lipinski definition) is 5. The average molecular weight is 454 g/mol. The molecule has 170 valence electrons. The number of rotatable bonds is 4. The van der Waals surface area contributed by atoms with Crippen LogP contribution in [0.25, 0.3) is 22.6 Å². The number of ether oxygens (including phenoxy) is 1. The summed E-state index contributed by atoms with van der Waals surface area (Å²) in [6.45, 7) is 2.58. The van der Waals surface area contributed by atoms with Crippen LogP contribution in [-0.2, 0) is 11.2 Å². The molecule has 1 aromatic carbocycles. The molecular formula is C22H20F2N6O3. The second kappa shape index (κ2) is 8.24. The average Bonchev–Trinajstić information content (AvgIpc) is 3.42. The van der Waals surface area contributed by atoms with E-state index in [1.54, 1.807) is 10.6 Å². The van der Waals surface area contributed by atoms with Crippen LogP contribution < -0.4 is 0 Å². The first-order valence-corrected chi connectivity index (χ1v) is 10.3. The maximum absolute atomic E-state index is 15.3. The molecule has 1 aliphatic heterocycles. The number of aryl methyl sites for hydroxylation is 1. The first-order chi connectivity index (χ1) is 15.9. The van der Waals surface area contributed by atoms with Crippen LogP contribution in [0.3, 0.4) is 0 Å². The molecule has 1 saturated heterocycles. The van der Waals surface area contributed by atoms with Gasteiger partial charge < -0.3 is 19.1 Å². The first-order valence-electron chi connectivity index (χ1n) is 10.3. The van der Waals surface area contributed by atoms with Gasteiger partial charge in [0.15, 0.2) is 0 Å². The van der Waals surface area contributed by atoms with Crippen LogP contribution >= 0.6 is 0 Å².